The molecule has 2 N–H and O–H groups in total. The van der Waals surface area contributed by atoms with Crippen LogP contribution in [0.4, 0.5) is 11.4 Å². The lowest BCUT2D eigenvalue weighted by Gasteiger charge is -2.14. The van der Waals surface area contributed by atoms with Crippen molar-refractivity contribution in [3.05, 3.63) is 60.7 Å². The van der Waals surface area contributed by atoms with Crippen molar-refractivity contribution in [2.75, 3.05) is 24.9 Å². The lowest BCUT2D eigenvalue weighted by molar-refractivity contribution is -0.112. The highest BCUT2D eigenvalue weighted by Crippen LogP contribution is 2.35. The number of methoxy groups -OCH3 is 2. The molecule has 0 fully saturated rings. The van der Waals surface area contributed by atoms with Gasteiger partial charge in [-0.2, -0.15) is 0 Å². The second-order valence-electron chi connectivity index (χ2n) is 5.81. The fraction of sp³-hybridized carbons (Fsp3) is 0.182. The van der Waals surface area contributed by atoms with Crippen LogP contribution < -0.4 is 20.1 Å². The lowest BCUT2D eigenvalue weighted by atomic mass is 10.0. The van der Waals surface area contributed by atoms with Gasteiger partial charge in [-0.1, -0.05) is 24.3 Å². The largest absolute Gasteiger partial charge is 0.495 e. The molecule has 0 aliphatic carbocycles. The van der Waals surface area contributed by atoms with E-state index in [0.717, 1.165) is 11.1 Å². The maximum Gasteiger partial charge on any atom is 0.248 e. The fourth-order valence-corrected chi connectivity index (χ4v) is 2.60. The van der Waals surface area contributed by atoms with Gasteiger partial charge in [0, 0.05) is 0 Å². The van der Waals surface area contributed by atoms with Crippen molar-refractivity contribution in [1.82, 2.24) is 0 Å². The first-order chi connectivity index (χ1) is 13.5. The molecule has 2 aromatic rings. The van der Waals surface area contributed by atoms with E-state index in [2.05, 4.69) is 10.6 Å². The second kappa shape index (κ2) is 9.97. The standard InChI is InChI=1S/C22H24N2O4/c1-5-7-21(25)23-17-11-9-15(13-19(17)27-3)16-10-12-18(20(14-16)28-4)24-22(26)8-6-2/h5-14H,1-4H3,(H,23,25)(H,24,26). The quantitative estimate of drug-likeness (QED) is 0.698. The summed E-state index contributed by atoms with van der Waals surface area (Å²) in [6.07, 6.45) is 6.22. The Labute approximate surface area is 164 Å². The van der Waals surface area contributed by atoms with Crippen molar-refractivity contribution in [1.29, 1.82) is 0 Å². The highest BCUT2D eigenvalue weighted by Gasteiger charge is 2.11. The van der Waals surface area contributed by atoms with E-state index in [0.29, 0.717) is 22.9 Å². The molecule has 2 amide bonds. The van der Waals surface area contributed by atoms with Gasteiger partial charge >= 0.3 is 0 Å². The van der Waals surface area contributed by atoms with Gasteiger partial charge < -0.3 is 20.1 Å². The van der Waals surface area contributed by atoms with E-state index in [1.807, 2.05) is 24.3 Å². The Bertz CT molecular complexity index is 841. The van der Waals surface area contributed by atoms with Crippen molar-refractivity contribution in [3.63, 3.8) is 0 Å². The Balaban J connectivity index is 2.34. The molecule has 0 saturated heterocycles. The van der Waals surface area contributed by atoms with Crippen molar-refractivity contribution in [2.45, 2.75) is 13.8 Å². The van der Waals surface area contributed by atoms with Crippen molar-refractivity contribution >= 4 is 23.2 Å². The number of carbonyl (C=O) groups excluding carboxylic acids is 2. The SMILES string of the molecule is CC=CC(=O)Nc1ccc(-c2ccc(NC(=O)C=CC)c(OC)c2)cc1OC. The zero-order valence-corrected chi connectivity index (χ0v) is 16.4. The van der Waals surface area contributed by atoms with Crippen molar-refractivity contribution in [3.8, 4) is 22.6 Å². The first kappa shape index (κ1) is 20.8. The van der Waals surface area contributed by atoms with Crippen molar-refractivity contribution in [2.24, 2.45) is 0 Å². The van der Waals surface area contributed by atoms with Gasteiger partial charge in [-0.15, -0.1) is 0 Å². The zero-order chi connectivity index (χ0) is 20.5. The number of amides is 2. The van der Waals surface area contributed by atoms with Crippen molar-refractivity contribution < 1.29 is 19.1 Å². The van der Waals surface area contributed by atoms with Gasteiger partial charge in [0.05, 0.1) is 25.6 Å². The number of carbonyl (C=O) groups is 2. The predicted octanol–water partition coefficient (Wildman–Crippen LogP) is 4.40. The Morgan fingerprint density at radius 1 is 0.750 bits per heavy atom. The molecule has 0 aromatic heterocycles. The number of nitrogens with one attached hydrogen (secondary N) is 2. The lowest BCUT2D eigenvalue weighted by Crippen LogP contribution is -2.09. The molecule has 2 aromatic carbocycles. The number of hydrogen-bond acceptors (Lipinski definition) is 4. The normalized spacial score (nSPS) is 10.9. The third kappa shape index (κ3) is 5.23. The minimum atomic E-state index is -0.226. The van der Waals surface area contributed by atoms with Gasteiger partial charge in [-0.25, -0.2) is 0 Å². The van der Waals surface area contributed by atoms with E-state index in [1.54, 1.807) is 52.4 Å². The first-order valence-corrected chi connectivity index (χ1v) is 8.76. The first-order valence-electron chi connectivity index (χ1n) is 8.76. The summed E-state index contributed by atoms with van der Waals surface area (Å²) >= 11 is 0. The molecule has 0 unspecified atom stereocenters. The molecule has 0 aliphatic heterocycles. The van der Waals surface area contributed by atoms with E-state index >= 15 is 0 Å². The molecule has 0 bridgehead atoms. The van der Waals surface area contributed by atoms with Crippen LogP contribution in [0.5, 0.6) is 11.5 Å². The molecular formula is C22H24N2O4. The second-order valence-corrected chi connectivity index (χ2v) is 5.81. The van der Waals surface area contributed by atoms with Gasteiger partial charge in [0.25, 0.3) is 0 Å². The molecule has 28 heavy (non-hydrogen) atoms. The van der Waals surface area contributed by atoms with Crippen LogP contribution in [0.1, 0.15) is 13.8 Å². The molecule has 2 rings (SSSR count). The number of benzene rings is 2. The maximum atomic E-state index is 11.8. The summed E-state index contributed by atoms with van der Waals surface area (Å²) in [6, 6.07) is 11.0. The molecule has 0 aliphatic rings. The smallest absolute Gasteiger partial charge is 0.248 e. The number of ether oxygens (including phenoxy) is 2. The summed E-state index contributed by atoms with van der Waals surface area (Å²) < 4.78 is 10.8. The van der Waals surface area contributed by atoms with Gasteiger partial charge in [-0.05, 0) is 61.4 Å². The Morgan fingerprint density at radius 2 is 1.14 bits per heavy atom. The molecule has 6 nitrogen and oxygen atoms in total. The summed E-state index contributed by atoms with van der Waals surface area (Å²) in [4.78, 5) is 23.6. The molecule has 0 atom stereocenters. The summed E-state index contributed by atoms with van der Waals surface area (Å²) in [5, 5.41) is 5.55. The van der Waals surface area contributed by atoms with Gasteiger partial charge in [0.1, 0.15) is 11.5 Å². The molecular weight excluding hydrogens is 356 g/mol. The van der Waals surface area contributed by atoms with Crippen LogP contribution in [0, 0.1) is 0 Å². The third-order valence-electron chi connectivity index (χ3n) is 3.89. The Morgan fingerprint density at radius 3 is 1.46 bits per heavy atom. The summed E-state index contributed by atoms with van der Waals surface area (Å²) in [5.74, 6) is 0.632. The maximum absolute atomic E-state index is 11.8. The van der Waals surface area contributed by atoms with E-state index in [-0.39, 0.29) is 11.8 Å². The predicted molar refractivity (Wildman–Crippen MR) is 112 cm³/mol. The van der Waals surface area contributed by atoms with Crippen LogP contribution >= 0.6 is 0 Å². The van der Waals surface area contributed by atoms with Crippen LogP contribution in [0.15, 0.2) is 60.7 Å². The van der Waals surface area contributed by atoms with E-state index in [4.69, 9.17) is 9.47 Å². The summed E-state index contributed by atoms with van der Waals surface area (Å²) in [7, 11) is 3.09. The minimum Gasteiger partial charge on any atom is -0.495 e. The van der Waals surface area contributed by atoms with E-state index in [9.17, 15) is 9.59 Å². The van der Waals surface area contributed by atoms with Gasteiger partial charge in [0.15, 0.2) is 0 Å². The number of hydrogen-bond donors (Lipinski definition) is 2. The topological polar surface area (TPSA) is 76.7 Å². The minimum absolute atomic E-state index is 0.226. The van der Waals surface area contributed by atoms with Crippen LogP contribution in [-0.2, 0) is 9.59 Å². The summed E-state index contributed by atoms with van der Waals surface area (Å²) in [5.41, 5.74) is 2.92. The Kier molecular flexibility index (Phi) is 7.39. The van der Waals surface area contributed by atoms with E-state index in [1.165, 1.54) is 12.2 Å². The highest BCUT2D eigenvalue weighted by molar-refractivity contribution is 6.01. The monoisotopic (exact) mass is 380 g/mol. The van der Waals surface area contributed by atoms with Gasteiger partial charge in [0.2, 0.25) is 11.8 Å². The number of rotatable bonds is 7. The van der Waals surface area contributed by atoms with Crippen LogP contribution in [0.2, 0.25) is 0 Å². The molecule has 0 spiro atoms. The average molecular weight is 380 g/mol. The van der Waals surface area contributed by atoms with Crippen LogP contribution in [0.3, 0.4) is 0 Å². The zero-order valence-electron chi connectivity index (χ0n) is 16.4. The molecule has 146 valence electrons. The third-order valence-corrected chi connectivity index (χ3v) is 3.89. The molecule has 0 saturated carbocycles. The highest BCUT2D eigenvalue weighted by atomic mass is 16.5. The average Bonchev–Trinajstić information content (AvgIpc) is 2.69. The van der Waals surface area contributed by atoms with E-state index < -0.39 is 0 Å². The van der Waals surface area contributed by atoms with Crippen LogP contribution in [0.25, 0.3) is 11.1 Å². The van der Waals surface area contributed by atoms with Gasteiger partial charge in [-0.3, -0.25) is 9.59 Å². The molecule has 6 heteroatoms. The summed E-state index contributed by atoms with van der Waals surface area (Å²) in [6.45, 7) is 3.55. The molecule has 0 radical (unpaired) electrons. The van der Waals surface area contributed by atoms with Crippen LogP contribution in [-0.4, -0.2) is 26.0 Å². The number of allylic oxidation sites excluding steroid dienone is 2. The fourth-order valence-electron chi connectivity index (χ4n) is 2.60. The molecule has 0 heterocycles. The Hall–Kier alpha value is -3.54. The number of anilines is 2.